The molecule has 2 aromatic carbocycles. The van der Waals surface area contributed by atoms with E-state index in [2.05, 4.69) is 0 Å². The fraction of sp³-hybridized carbons (Fsp3) is 0.167. The molecule has 1 aliphatic heterocycles. The number of nitrogens with two attached hydrogens (primary N) is 1. The van der Waals surface area contributed by atoms with E-state index in [1.165, 1.54) is 17.0 Å². The molecule has 1 heterocycles. The lowest BCUT2D eigenvalue weighted by atomic mass is 10.1. The highest BCUT2D eigenvalue weighted by Gasteiger charge is 2.43. The smallest absolute Gasteiger partial charge is 0.332 e. The zero-order valence-corrected chi connectivity index (χ0v) is 14.4. The normalized spacial score (nSPS) is 16.7. The summed E-state index contributed by atoms with van der Waals surface area (Å²) in [5.74, 6) is -1.26. The van der Waals surface area contributed by atoms with E-state index >= 15 is 0 Å². The van der Waals surface area contributed by atoms with Crippen LogP contribution < -0.4 is 10.6 Å². The lowest BCUT2D eigenvalue weighted by Crippen LogP contribution is -2.33. The Morgan fingerprint density at radius 1 is 1.19 bits per heavy atom. The third-order valence-electron chi connectivity index (χ3n) is 4.38. The van der Waals surface area contributed by atoms with Gasteiger partial charge >= 0.3 is 6.03 Å². The Morgan fingerprint density at radius 2 is 1.85 bits per heavy atom. The number of para-hydroxylation sites is 1. The standard InChI is InChI=1S/C18H16N4O5/c1-11-17(24)20(18(25)21(11)14-5-3-2-4-6-14)10-13-8-7-12(16(19)23)9-15(13)22(26)27/h2-9,11H,10H2,1H3,(H2,19,23). The molecule has 4 amide bonds. The summed E-state index contributed by atoms with van der Waals surface area (Å²) in [4.78, 5) is 49.6. The Bertz CT molecular complexity index is 944. The van der Waals surface area contributed by atoms with E-state index in [1.807, 2.05) is 0 Å². The minimum Gasteiger partial charge on any atom is -0.366 e. The van der Waals surface area contributed by atoms with Crippen molar-refractivity contribution in [2.24, 2.45) is 5.73 Å². The van der Waals surface area contributed by atoms with Crippen molar-refractivity contribution in [1.82, 2.24) is 4.90 Å². The molecule has 0 aromatic heterocycles. The number of nitrogens with zero attached hydrogens (tertiary/aromatic N) is 3. The fourth-order valence-electron chi connectivity index (χ4n) is 2.99. The second kappa shape index (κ2) is 6.87. The number of hydrogen-bond donors (Lipinski definition) is 1. The van der Waals surface area contributed by atoms with E-state index in [0.29, 0.717) is 5.69 Å². The van der Waals surface area contributed by atoms with Gasteiger partial charge in [0.1, 0.15) is 6.04 Å². The number of amides is 4. The third kappa shape index (κ3) is 3.22. The van der Waals surface area contributed by atoms with Gasteiger partial charge in [-0.25, -0.2) is 4.79 Å². The molecule has 0 bridgehead atoms. The quantitative estimate of drug-likeness (QED) is 0.491. The Kier molecular flexibility index (Phi) is 4.59. The summed E-state index contributed by atoms with van der Waals surface area (Å²) in [6.07, 6.45) is 0. The van der Waals surface area contributed by atoms with Gasteiger partial charge in [-0.2, -0.15) is 0 Å². The van der Waals surface area contributed by atoms with Crippen molar-refractivity contribution in [3.05, 3.63) is 69.8 Å². The van der Waals surface area contributed by atoms with E-state index in [-0.39, 0.29) is 23.4 Å². The molecule has 0 radical (unpaired) electrons. The molecule has 2 aromatic rings. The van der Waals surface area contributed by atoms with E-state index in [1.54, 1.807) is 37.3 Å². The first-order valence-corrected chi connectivity index (χ1v) is 8.08. The second-order valence-corrected chi connectivity index (χ2v) is 6.05. The van der Waals surface area contributed by atoms with Crippen LogP contribution in [0.2, 0.25) is 0 Å². The lowest BCUT2D eigenvalue weighted by molar-refractivity contribution is -0.385. The summed E-state index contributed by atoms with van der Waals surface area (Å²) >= 11 is 0. The first kappa shape index (κ1) is 18.1. The first-order valence-electron chi connectivity index (χ1n) is 8.08. The number of hydrogen-bond acceptors (Lipinski definition) is 5. The highest BCUT2D eigenvalue weighted by atomic mass is 16.6. The predicted molar refractivity (Wildman–Crippen MR) is 95.9 cm³/mol. The van der Waals surface area contributed by atoms with E-state index in [4.69, 9.17) is 5.73 Å². The van der Waals surface area contributed by atoms with E-state index < -0.39 is 28.8 Å². The summed E-state index contributed by atoms with van der Waals surface area (Å²) in [7, 11) is 0. The molecular weight excluding hydrogens is 352 g/mol. The van der Waals surface area contributed by atoms with E-state index in [0.717, 1.165) is 11.0 Å². The Labute approximate surface area is 154 Å². The van der Waals surface area contributed by atoms with Crippen LogP contribution in [-0.4, -0.2) is 33.7 Å². The molecule has 1 saturated heterocycles. The fourth-order valence-corrected chi connectivity index (χ4v) is 2.99. The van der Waals surface area contributed by atoms with Crippen molar-refractivity contribution in [3.8, 4) is 0 Å². The molecule has 1 unspecified atom stereocenters. The average Bonchev–Trinajstić information content (AvgIpc) is 2.85. The summed E-state index contributed by atoms with van der Waals surface area (Å²) in [6.45, 7) is 1.32. The van der Waals surface area contributed by atoms with Crippen molar-refractivity contribution in [2.45, 2.75) is 19.5 Å². The van der Waals surface area contributed by atoms with Crippen LogP contribution in [0.3, 0.4) is 0 Å². The van der Waals surface area contributed by atoms with Gasteiger partial charge in [-0.1, -0.05) is 18.2 Å². The molecule has 138 valence electrons. The molecular formula is C18H16N4O5. The third-order valence-corrected chi connectivity index (χ3v) is 4.38. The molecule has 0 aliphatic carbocycles. The van der Waals surface area contributed by atoms with Gasteiger partial charge in [0.25, 0.3) is 11.6 Å². The number of rotatable bonds is 5. The van der Waals surface area contributed by atoms with Crippen LogP contribution in [0.15, 0.2) is 48.5 Å². The number of imide groups is 1. The van der Waals surface area contributed by atoms with Crippen LogP contribution in [0.5, 0.6) is 0 Å². The molecule has 1 fully saturated rings. The Hall–Kier alpha value is -3.75. The molecule has 0 saturated carbocycles. The van der Waals surface area contributed by atoms with Crippen molar-refractivity contribution in [1.29, 1.82) is 0 Å². The zero-order valence-electron chi connectivity index (χ0n) is 14.4. The highest BCUT2D eigenvalue weighted by molar-refractivity contribution is 6.14. The van der Waals surface area contributed by atoms with Crippen LogP contribution in [-0.2, 0) is 11.3 Å². The lowest BCUT2D eigenvalue weighted by Gasteiger charge is -2.19. The molecule has 3 rings (SSSR count). The molecule has 27 heavy (non-hydrogen) atoms. The number of nitro groups is 1. The maximum Gasteiger partial charge on any atom is 0.332 e. The molecule has 9 nitrogen and oxygen atoms in total. The predicted octanol–water partition coefficient (Wildman–Crippen LogP) is 2.05. The Balaban J connectivity index is 1.94. The number of nitro benzene ring substituents is 1. The summed E-state index contributed by atoms with van der Waals surface area (Å²) in [5, 5.41) is 11.3. The van der Waals surface area contributed by atoms with Gasteiger partial charge in [0.15, 0.2) is 0 Å². The maximum atomic E-state index is 12.8. The second-order valence-electron chi connectivity index (χ2n) is 6.05. The average molecular weight is 368 g/mol. The van der Waals surface area contributed by atoms with Crippen LogP contribution in [0.25, 0.3) is 0 Å². The SMILES string of the molecule is CC1C(=O)N(Cc2ccc(C(N)=O)cc2[N+](=O)[O-])C(=O)N1c1ccccc1. The van der Waals surface area contributed by atoms with Gasteiger partial charge < -0.3 is 5.73 Å². The minimum absolute atomic E-state index is 0.0243. The summed E-state index contributed by atoms with van der Waals surface area (Å²) in [6, 6.07) is 11.1. The number of anilines is 1. The van der Waals surface area contributed by atoms with Crippen LogP contribution in [0.1, 0.15) is 22.8 Å². The minimum atomic E-state index is -0.804. The number of carbonyl (C=O) groups is 3. The van der Waals surface area contributed by atoms with Crippen LogP contribution in [0.4, 0.5) is 16.2 Å². The Morgan fingerprint density at radius 3 is 2.44 bits per heavy atom. The van der Waals surface area contributed by atoms with Gasteiger partial charge in [-0.3, -0.25) is 29.5 Å². The van der Waals surface area contributed by atoms with Gasteiger partial charge in [-0.05, 0) is 31.2 Å². The van der Waals surface area contributed by atoms with Gasteiger partial charge in [0.2, 0.25) is 5.91 Å². The summed E-state index contributed by atoms with van der Waals surface area (Å²) < 4.78 is 0. The van der Waals surface area contributed by atoms with Crippen molar-refractivity contribution < 1.29 is 19.3 Å². The molecule has 1 aliphatic rings. The molecule has 1 atom stereocenters. The van der Waals surface area contributed by atoms with Gasteiger partial charge in [-0.15, -0.1) is 0 Å². The van der Waals surface area contributed by atoms with Gasteiger partial charge in [0.05, 0.1) is 11.5 Å². The number of primary amides is 1. The van der Waals surface area contributed by atoms with Crippen molar-refractivity contribution in [3.63, 3.8) is 0 Å². The summed E-state index contributed by atoms with van der Waals surface area (Å²) in [5.41, 5.74) is 5.45. The van der Waals surface area contributed by atoms with Crippen LogP contribution in [0, 0.1) is 10.1 Å². The maximum absolute atomic E-state index is 12.8. The van der Waals surface area contributed by atoms with Gasteiger partial charge in [0, 0.05) is 22.9 Å². The van der Waals surface area contributed by atoms with Crippen LogP contribution >= 0.6 is 0 Å². The molecule has 0 spiro atoms. The first-order chi connectivity index (χ1) is 12.8. The van der Waals surface area contributed by atoms with E-state index in [9.17, 15) is 24.5 Å². The highest BCUT2D eigenvalue weighted by Crippen LogP contribution is 2.29. The zero-order chi connectivity index (χ0) is 19.7. The van der Waals surface area contributed by atoms with Crippen molar-refractivity contribution >= 4 is 29.2 Å². The molecule has 2 N–H and O–H groups in total. The number of carbonyl (C=O) groups excluding carboxylic acids is 3. The topological polar surface area (TPSA) is 127 Å². The number of benzene rings is 2. The monoisotopic (exact) mass is 368 g/mol. The largest absolute Gasteiger partial charge is 0.366 e. The molecule has 9 heteroatoms. The number of urea groups is 1. The van der Waals surface area contributed by atoms with Crippen molar-refractivity contribution in [2.75, 3.05) is 4.90 Å².